The zero-order valence-corrected chi connectivity index (χ0v) is 20.1. The Labute approximate surface area is 202 Å². The predicted molar refractivity (Wildman–Crippen MR) is 124 cm³/mol. The van der Waals surface area contributed by atoms with E-state index in [1.807, 2.05) is 30.9 Å². The third-order valence-electron chi connectivity index (χ3n) is 6.54. The number of halogens is 6. The average Bonchev–Trinajstić information content (AvgIpc) is 2.75. The number of carbonyl (C=O) groups excluding carboxylic acids is 1. The highest BCUT2D eigenvalue weighted by atomic mass is 19.4. The van der Waals surface area contributed by atoms with Crippen LogP contribution in [-0.4, -0.2) is 29.9 Å². The lowest BCUT2D eigenvalue weighted by Gasteiger charge is -2.41. The van der Waals surface area contributed by atoms with E-state index < -0.39 is 23.8 Å². The van der Waals surface area contributed by atoms with Gasteiger partial charge in [-0.3, -0.25) is 9.69 Å². The van der Waals surface area contributed by atoms with Crippen molar-refractivity contribution in [3.05, 3.63) is 59.2 Å². The largest absolute Gasteiger partial charge is 0.416 e. The Morgan fingerprint density at radius 3 is 2.17 bits per heavy atom. The number of rotatable bonds is 7. The van der Waals surface area contributed by atoms with E-state index >= 15 is 0 Å². The molecule has 2 unspecified atom stereocenters. The molecular formula is C27H31F6NO. The van der Waals surface area contributed by atoms with Crippen LogP contribution in [0.2, 0.25) is 0 Å². The van der Waals surface area contributed by atoms with Crippen LogP contribution in [0.3, 0.4) is 0 Å². The van der Waals surface area contributed by atoms with Crippen molar-refractivity contribution >= 4 is 5.78 Å². The zero-order valence-electron chi connectivity index (χ0n) is 20.1. The van der Waals surface area contributed by atoms with Crippen LogP contribution in [0.1, 0.15) is 62.8 Å². The molecule has 1 fully saturated rings. The van der Waals surface area contributed by atoms with Crippen molar-refractivity contribution < 1.29 is 31.1 Å². The van der Waals surface area contributed by atoms with Crippen LogP contribution in [0.25, 0.3) is 11.1 Å². The Bertz CT molecular complexity index is 1010. The molecule has 0 aromatic heterocycles. The van der Waals surface area contributed by atoms with Crippen LogP contribution in [0, 0.1) is 11.8 Å². The van der Waals surface area contributed by atoms with E-state index in [-0.39, 0.29) is 31.2 Å². The first kappa shape index (κ1) is 27.2. The van der Waals surface area contributed by atoms with Gasteiger partial charge in [0.25, 0.3) is 0 Å². The van der Waals surface area contributed by atoms with Gasteiger partial charge < -0.3 is 0 Å². The molecule has 0 aliphatic carbocycles. The van der Waals surface area contributed by atoms with E-state index in [2.05, 4.69) is 0 Å². The third-order valence-corrected chi connectivity index (χ3v) is 6.54. The summed E-state index contributed by atoms with van der Waals surface area (Å²) in [5.74, 6) is -1.13. The molecule has 2 atom stereocenters. The number of ketones is 1. The van der Waals surface area contributed by atoms with Crippen molar-refractivity contribution in [1.29, 1.82) is 0 Å². The molecule has 0 amide bonds. The molecule has 0 bridgehead atoms. The maximum Gasteiger partial charge on any atom is 0.416 e. The summed E-state index contributed by atoms with van der Waals surface area (Å²) >= 11 is 0. The number of alkyl halides is 6. The Morgan fingerprint density at radius 1 is 0.971 bits per heavy atom. The van der Waals surface area contributed by atoms with Gasteiger partial charge in [-0.15, -0.1) is 0 Å². The van der Waals surface area contributed by atoms with Gasteiger partial charge in [0.05, 0.1) is 11.5 Å². The van der Waals surface area contributed by atoms with E-state index in [4.69, 9.17) is 0 Å². The number of piperidine rings is 1. The molecule has 2 nitrogen and oxygen atoms in total. The summed E-state index contributed by atoms with van der Waals surface area (Å²) in [6, 6.07) is 10.0. The maximum atomic E-state index is 13.5. The Hall–Kier alpha value is -2.35. The molecule has 2 aromatic rings. The summed E-state index contributed by atoms with van der Waals surface area (Å²) in [6.07, 6.45) is -7.49. The molecule has 0 radical (unpaired) electrons. The quantitative estimate of drug-likeness (QED) is 0.362. The van der Waals surface area contributed by atoms with E-state index in [1.54, 1.807) is 6.07 Å². The lowest BCUT2D eigenvalue weighted by atomic mass is 9.86. The summed E-state index contributed by atoms with van der Waals surface area (Å²) in [7, 11) is 0. The van der Waals surface area contributed by atoms with Crippen LogP contribution in [0.4, 0.5) is 26.3 Å². The van der Waals surface area contributed by atoms with Crippen LogP contribution in [0.15, 0.2) is 42.5 Å². The van der Waals surface area contributed by atoms with E-state index in [0.717, 1.165) is 24.1 Å². The van der Waals surface area contributed by atoms with E-state index in [0.29, 0.717) is 35.6 Å². The first-order chi connectivity index (χ1) is 16.2. The highest BCUT2D eigenvalue weighted by Gasteiger charge is 2.44. The molecule has 1 heterocycles. The molecular weight excluding hydrogens is 468 g/mol. The number of nitrogens with zero attached hydrogens (tertiary/aromatic N) is 1. The SMILES string of the molecule is CC(=O)Cc1cc(-c2ccc(C(F)(F)F)cc2)cc(C2CCC(C(F)(F)F)CN2CCC(C)C)c1. The number of hydrogen-bond donors (Lipinski definition) is 0. The van der Waals surface area contributed by atoms with Crippen LogP contribution in [0.5, 0.6) is 0 Å². The highest BCUT2D eigenvalue weighted by Crippen LogP contribution is 2.42. The molecule has 0 saturated carbocycles. The van der Waals surface area contributed by atoms with Gasteiger partial charge in [-0.25, -0.2) is 0 Å². The fourth-order valence-electron chi connectivity index (χ4n) is 4.68. The summed E-state index contributed by atoms with van der Waals surface area (Å²) in [5.41, 5.74) is 1.94. The topological polar surface area (TPSA) is 20.3 Å². The van der Waals surface area contributed by atoms with Gasteiger partial charge in [-0.05, 0) is 79.1 Å². The molecule has 3 rings (SSSR count). The Kier molecular flexibility index (Phi) is 8.35. The van der Waals surface area contributed by atoms with Crippen LogP contribution < -0.4 is 0 Å². The lowest BCUT2D eigenvalue weighted by molar-refractivity contribution is -0.190. The predicted octanol–water partition coefficient (Wildman–Crippen LogP) is 7.87. The fraction of sp³-hybridized carbons (Fsp3) is 0.519. The number of benzene rings is 2. The fourth-order valence-corrected chi connectivity index (χ4v) is 4.68. The minimum Gasteiger partial charge on any atom is -0.300 e. The monoisotopic (exact) mass is 499 g/mol. The van der Waals surface area contributed by atoms with Crippen molar-refractivity contribution in [3.8, 4) is 11.1 Å². The van der Waals surface area contributed by atoms with Gasteiger partial charge in [-0.1, -0.05) is 38.1 Å². The molecule has 192 valence electrons. The van der Waals surface area contributed by atoms with Crippen molar-refractivity contribution in [2.24, 2.45) is 11.8 Å². The summed E-state index contributed by atoms with van der Waals surface area (Å²) in [5, 5.41) is 0. The van der Waals surface area contributed by atoms with Crippen LogP contribution in [-0.2, 0) is 17.4 Å². The molecule has 1 saturated heterocycles. The van der Waals surface area contributed by atoms with E-state index in [1.165, 1.54) is 19.1 Å². The zero-order chi connectivity index (χ0) is 26.0. The second kappa shape index (κ2) is 10.7. The standard InChI is InChI=1S/C27H31F6NO/c1-17(2)10-11-34-16-24(27(31,32)33)8-9-25(34)22-14-19(12-18(3)35)13-21(15-22)20-4-6-23(7-5-20)26(28,29)30/h4-7,13-15,17,24-25H,8-12,16H2,1-3H3. The molecule has 1 aliphatic rings. The van der Waals surface area contributed by atoms with Gasteiger partial charge in [0.15, 0.2) is 0 Å². The smallest absolute Gasteiger partial charge is 0.300 e. The minimum atomic E-state index is -4.45. The Balaban J connectivity index is 2.00. The Morgan fingerprint density at radius 2 is 1.63 bits per heavy atom. The molecule has 0 N–H and O–H groups in total. The van der Waals surface area contributed by atoms with Gasteiger partial charge in [0.2, 0.25) is 0 Å². The number of hydrogen-bond acceptors (Lipinski definition) is 2. The average molecular weight is 500 g/mol. The van der Waals surface area contributed by atoms with Gasteiger partial charge in [0, 0.05) is 19.0 Å². The highest BCUT2D eigenvalue weighted by molar-refractivity contribution is 5.79. The first-order valence-electron chi connectivity index (χ1n) is 11.9. The molecule has 1 aliphatic heterocycles. The van der Waals surface area contributed by atoms with Gasteiger partial charge in [-0.2, -0.15) is 26.3 Å². The minimum absolute atomic E-state index is 0.0128. The molecule has 8 heteroatoms. The molecule has 2 aromatic carbocycles. The first-order valence-corrected chi connectivity index (χ1v) is 11.9. The van der Waals surface area contributed by atoms with Gasteiger partial charge >= 0.3 is 12.4 Å². The van der Waals surface area contributed by atoms with E-state index in [9.17, 15) is 31.1 Å². The second-order valence-electron chi connectivity index (χ2n) is 9.93. The third kappa shape index (κ3) is 7.32. The summed E-state index contributed by atoms with van der Waals surface area (Å²) in [4.78, 5) is 13.7. The lowest BCUT2D eigenvalue weighted by Crippen LogP contribution is -2.44. The molecule has 0 spiro atoms. The van der Waals surface area contributed by atoms with Crippen molar-refractivity contribution in [2.45, 2.75) is 64.8 Å². The number of Topliss-reactive ketones (excluding diaryl/α,β-unsaturated/α-hetero) is 1. The maximum absolute atomic E-state index is 13.5. The summed E-state index contributed by atoms with van der Waals surface area (Å²) in [6.45, 7) is 5.93. The van der Waals surface area contributed by atoms with Crippen LogP contribution >= 0.6 is 0 Å². The van der Waals surface area contributed by atoms with Gasteiger partial charge in [0.1, 0.15) is 5.78 Å². The molecule has 35 heavy (non-hydrogen) atoms. The van der Waals surface area contributed by atoms with Crippen molar-refractivity contribution in [1.82, 2.24) is 4.90 Å². The number of carbonyl (C=O) groups is 1. The second-order valence-corrected chi connectivity index (χ2v) is 9.93. The van der Waals surface area contributed by atoms with Crippen molar-refractivity contribution in [2.75, 3.05) is 13.1 Å². The normalized spacial score (nSPS) is 19.8. The summed E-state index contributed by atoms with van der Waals surface area (Å²) < 4.78 is 79.5. The number of likely N-dealkylation sites (tertiary alicyclic amines) is 1. The van der Waals surface area contributed by atoms with Crippen molar-refractivity contribution in [3.63, 3.8) is 0 Å².